The zero-order valence-corrected chi connectivity index (χ0v) is 18.5. The third kappa shape index (κ3) is 5.61. The summed E-state index contributed by atoms with van der Waals surface area (Å²) in [4.78, 5) is 15.2. The normalized spacial score (nSPS) is 16.0. The summed E-state index contributed by atoms with van der Waals surface area (Å²) in [6.45, 7) is 3.14. The van der Waals surface area contributed by atoms with Crippen LogP contribution in [-0.4, -0.2) is 45.5 Å². The van der Waals surface area contributed by atoms with Gasteiger partial charge in [-0.3, -0.25) is 4.79 Å². The van der Waals surface area contributed by atoms with Gasteiger partial charge in [0.05, 0.1) is 12.0 Å². The van der Waals surface area contributed by atoms with Gasteiger partial charge in [0.25, 0.3) is 0 Å². The summed E-state index contributed by atoms with van der Waals surface area (Å²) in [7, 11) is -2.33. The molecule has 0 unspecified atom stereocenters. The smallest absolute Gasteiger partial charge is 0.241 e. The highest BCUT2D eigenvalue weighted by Gasteiger charge is 2.30. The first kappa shape index (κ1) is 22.3. The quantitative estimate of drug-likeness (QED) is 0.731. The van der Waals surface area contributed by atoms with Crippen molar-refractivity contribution in [3.8, 4) is 5.75 Å². The average molecular weight is 431 g/mol. The lowest BCUT2D eigenvalue weighted by molar-refractivity contribution is -0.132. The Balaban J connectivity index is 1.86. The van der Waals surface area contributed by atoms with Crippen molar-refractivity contribution in [3.63, 3.8) is 0 Å². The molecule has 0 radical (unpaired) electrons. The Morgan fingerprint density at radius 2 is 1.73 bits per heavy atom. The fourth-order valence-electron chi connectivity index (χ4n) is 3.81. The molecule has 1 amide bonds. The second-order valence-electron chi connectivity index (χ2n) is 7.73. The van der Waals surface area contributed by atoms with E-state index >= 15 is 0 Å². The minimum atomic E-state index is -3.87. The largest absolute Gasteiger partial charge is 0.496 e. The van der Waals surface area contributed by atoms with Gasteiger partial charge in [-0.05, 0) is 55.5 Å². The maximum atomic E-state index is 13.3. The van der Waals surface area contributed by atoms with E-state index in [-0.39, 0.29) is 10.8 Å². The summed E-state index contributed by atoms with van der Waals surface area (Å²) in [5.74, 6) is 0.463. The highest BCUT2D eigenvalue weighted by atomic mass is 32.2. The van der Waals surface area contributed by atoms with Crippen molar-refractivity contribution in [2.75, 3.05) is 20.2 Å². The number of ether oxygens (including phenoxy) is 1. The Hall–Kier alpha value is -2.38. The molecule has 0 bridgehead atoms. The van der Waals surface area contributed by atoms with Crippen LogP contribution in [-0.2, 0) is 21.2 Å². The summed E-state index contributed by atoms with van der Waals surface area (Å²) in [6, 6.07) is 13.4. The predicted molar refractivity (Wildman–Crippen MR) is 117 cm³/mol. The van der Waals surface area contributed by atoms with Crippen molar-refractivity contribution >= 4 is 15.9 Å². The number of carbonyl (C=O) groups excluding carboxylic acids is 1. The molecule has 7 heteroatoms. The van der Waals surface area contributed by atoms with Gasteiger partial charge in [0.15, 0.2) is 0 Å². The number of rotatable bonds is 7. The standard InChI is InChI=1S/C23H30N2O4S/c1-18-16-20(12-13-22(18)29-2)30(27,28)24-21(17-19-10-6-5-7-11-19)23(26)25-14-8-3-4-9-15-25/h5-7,10-13,16,21,24H,3-4,8-9,14-15,17H2,1-2H3/t21-/m1/s1. The molecule has 2 aromatic rings. The molecule has 6 nitrogen and oxygen atoms in total. The number of benzene rings is 2. The van der Waals surface area contributed by atoms with Crippen LogP contribution in [0.1, 0.15) is 36.8 Å². The Kier molecular flexibility index (Phi) is 7.50. The maximum Gasteiger partial charge on any atom is 0.241 e. The van der Waals surface area contributed by atoms with E-state index in [0.717, 1.165) is 36.8 Å². The molecule has 1 fully saturated rings. The molecule has 0 saturated carbocycles. The number of methoxy groups -OCH3 is 1. The van der Waals surface area contributed by atoms with Crippen molar-refractivity contribution in [1.29, 1.82) is 0 Å². The molecule has 0 spiro atoms. The van der Waals surface area contributed by atoms with Crippen LogP contribution in [0, 0.1) is 6.92 Å². The van der Waals surface area contributed by atoms with Crippen LogP contribution in [0.3, 0.4) is 0 Å². The average Bonchev–Trinajstić information content (AvgIpc) is 3.03. The molecule has 1 saturated heterocycles. The summed E-state index contributed by atoms with van der Waals surface area (Å²) in [5.41, 5.74) is 1.64. The van der Waals surface area contributed by atoms with E-state index in [0.29, 0.717) is 25.3 Å². The van der Waals surface area contributed by atoms with Crippen molar-refractivity contribution in [3.05, 3.63) is 59.7 Å². The first-order valence-corrected chi connectivity index (χ1v) is 11.9. The Labute approximate surface area is 179 Å². The first-order chi connectivity index (χ1) is 14.4. The van der Waals surface area contributed by atoms with Gasteiger partial charge in [-0.25, -0.2) is 8.42 Å². The molecule has 1 aliphatic heterocycles. The van der Waals surface area contributed by atoms with Crippen LogP contribution in [0.25, 0.3) is 0 Å². The van der Waals surface area contributed by atoms with Crippen molar-refractivity contribution in [2.24, 2.45) is 0 Å². The van der Waals surface area contributed by atoms with Gasteiger partial charge in [-0.1, -0.05) is 43.2 Å². The van der Waals surface area contributed by atoms with Gasteiger partial charge in [0, 0.05) is 13.1 Å². The fourth-order valence-corrected chi connectivity index (χ4v) is 5.09. The van der Waals surface area contributed by atoms with Gasteiger partial charge in [0.1, 0.15) is 11.8 Å². The minimum Gasteiger partial charge on any atom is -0.496 e. The van der Waals surface area contributed by atoms with Crippen molar-refractivity contribution in [2.45, 2.75) is 50.0 Å². The molecular weight excluding hydrogens is 400 g/mol. The number of hydrogen-bond donors (Lipinski definition) is 1. The van der Waals surface area contributed by atoms with Gasteiger partial charge in [-0.15, -0.1) is 0 Å². The molecular formula is C23H30N2O4S. The molecule has 162 valence electrons. The van der Waals surface area contributed by atoms with Crippen LogP contribution < -0.4 is 9.46 Å². The monoisotopic (exact) mass is 430 g/mol. The maximum absolute atomic E-state index is 13.3. The topological polar surface area (TPSA) is 75.7 Å². The van der Waals surface area contributed by atoms with E-state index < -0.39 is 16.1 Å². The lowest BCUT2D eigenvalue weighted by Gasteiger charge is -2.27. The molecule has 1 atom stereocenters. The third-order valence-electron chi connectivity index (χ3n) is 5.47. The molecule has 1 heterocycles. The molecule has 1 N–H and O–H groups in total. The molecule has 2 aromatic carbocycles. The zero-order valence-electron chi connectivity index (χ0n) is 17.6. The molecule has 0 aliphatic carbocycles. The number of sulfonamides is 1. The zero-order chi connectivity index (χ0) is 21.6. The number of hydrogen-bond acceptors (Lipinski definition) is 4. The number of amides is 1. The number of nitrogens with zero attached hydrogens (tertiary/aromatic N) is 1. The molecule has 30 heavy (non-hydrogen) atoms. The van der Waals surface area contributed by atoms with Crippen LogP contribution in [0.2, 0.25) is 0 Å². The highest BCUT2D eigenvalue weighted by molar-refractivity contribution is 7.89. The lowest BCUT2D eigenvalue weighted by Crippen LogP contribution is -2.49. The van der Waals surface area contributed by atoms with Gasteiger partial charge >= 0.3 is 0 Å². The lowest BCUT2D eigenvalue weighted by atomic mass is 10.1. The van der Waals surface area contributed by atoms with Crippen molar-refractivity contribution in [1.82, 2.24) is 9.62 Å². The first-order valence-electron chi connectivity index (χ1n) is 10.4. The third-order valence-corrected chi connectivity index (χ3v) is 6.94. The second kappa shape index (κ2) is 10.1. The predicted octanol–water partition coefficient (Wildman–Crippen LogP) is 3.30. The van der Waals surface area contributed by atoms with E-state index in [4.69, 9.17) is 4.74 Å². The van der Waals surface area contributed by atoms with Gasteiger partial charge < -0.3 is 9.64 Å². The second-order valence-corrected chi connectivity index (χ2v) is 9.45. The van der Waals surface area contributed by atoms with Crippen LogP contribution >= 0.6 is 0 Å². The van der Waals surface area contributed by atoms with E-state index in [1.54, 1.807) is 26.2 Å². The Morgan fingerprint density at radius 3 is 2.33 bits per heavy atom. The van der Waals surface area contributed by atoms with Gasteiger partial charge in [0.2, 0.25) is 15.9 Å². The summed E-state index contributed by atoms with van der Waals surface area (Å²) in [5, 5.41) is 0. The number of likely N-dealkylation sites (tertiary alicyclic amines) is 1. The molecule has 3 rings (SSSR count). The van der Waals surface area contributed by atoms with Gasteiger partial charge in [-0.2, -0.15) is 4.72 Å². The fraction of sp³-hybridized carbons (Fsp3) is 0.435. The highest BCUT2D eigenvalue weighted by Crippen LogP contribution is 2.22. The minimum absolute atomic E-state index is 0.127. The summed E-state index contributed by atoms with van der Waals surface area (Å²) < 4.78 is 34.1. The van der Waals surface area contributed by atoms with E-state index in [9.17, 15) is 13.2 Å². The van der Waals surface area contributed by atoms with Crippen LogP contribution in [0.15, 0.2) is 53.4 Å². The number of carbonyl (C=O) groups is 1. The SMILES string of the molecule is COc1ccc(S(=O)(=O)N[C@H](Cc2ccccc2)C(=O)N2CCCCCC2)cc1C. The van der Waals surface area contributed by atoms with E-state index in [1.807, 2.05) is 35.2 Å². The molecule has 1 aliphatic rings. The number of nitrogens with one attached hydrogen (secondary N) is 1. The Bertz CT molecular complexity index is 952. The van der Waals surface area contributed by atoms with Crippen LogP contribution in [0.5, 0.6) is 5.75 Å². The van der Waals surface area contributed by atoms with Crippen molar-refractivity contribution < 1.29 is 17.9 Å². The van der Waals surface area contributed by atoms with Crippen LogP contribution in [0.4, 0.5) is 0 Å². The molecule has 0 aromatic heterocycles. The van der Waals surface area contributed by atoms with E-state index in [1.165, 1.54) is 6.07 Å². The summed E-state index contributed by atoms with van der Waals surface area (Å²) in [6.07, 6.45) is 4.42. The van der Waals surface area contributed by atoms with E-state index in [2.05, 4.69) is 4.72 Å². The summed E-state index contributed by atoms with van der Waals surface area (Å²) >= 11 is 0. The number of aryl methyl sites for hydroxylation is 1. The Morgan fingerprint density at radius 1 is 1.07 bits per heavy atom.